The van der Waals surface area contributed by atoms with E-state index in [4.69, 9.17) is 28.4 Å². The minimum atomic E-state index is -1.71. The predicted molar refractivity (Wildman–Crippen MR) is 284 cm³/mol. The highest BCUT2D eigenvalue weighted by atomic mass is 16.7. The van der Waals surface area contributed by atoms with Gasteiger partial charge in [0, 0.05) is 13.0 Å². The molecule has 14 nitrogen and oxygen atoms in total. The number of hydrogen-bond acceptors (Lipinski definition) is 14. The zero-order valence-electron chi connectivity index (χ0n) is 44.9. The number of ether oxygens (including phenoxy) is 6. The van der Waals surface area contributed by atoms with Crippen LogP contribution in [0.2, 0.25) is 0 Å². The van der Waals surface area contributed by atoms with Gasteiger partial charge in [0.15, 0.2) is 12.6 Å². The minimum absolute atomic E-state index is 0.0533. The number of unbranched alkanes of at least 4 members (excludes halogenated alkanes) is 24. The van der Waals surface area contributed by atoms with Gasteiger partial charge >= 0.3 is 5.97 Å². The summed E-state index contributed by atoms with van der Waals surface area (Å²) in [6.45, 7) is 3.63. The molecule has 0 saturated carbocycles. The normalized spacial score (nSPS) is 25.5. The monoisotopic (exact) mass is 1020 g/mol. The Balaban J connectivity index is 1.71. The van der Waals surface area contributed by atoms with Crippen LogP contribution in [0.5, 0.6) is 0 Å². The summed E-state index contributed by atoms with van der Waals surface area (Å²) in [4.78, 5) is 13.1. The van der Waals surface area contributed by atoms with Gasteiger partial charge in [-0.15, -0.1) is 0 Å². The molecular formula is C58H104O14. The van der Waals surface area contributed by atoms with Crippen LogP contribution in [0.15, 0.2) is 48.6 Å². The number of aliphatic hydroxyl groups is 7. The molecule has 0 aromatic heterocycles. The van der Waals surface area contributed by atoms with Gasteiger partial charge in [-0.1, -0.05) is 184 Å². The molecule has 2 rings (SSSR count). The number of carbonyl (C=O) groups excluding carboxylic acids is 1. The Kier molecular flexibility index (Phi) is 41.4. The summed E-state index contributed by atoms with van der Waals surface area (Å²) in [5, 5.41) is 72.3. The quantitative estimate of drug-likeness (QED) is 0.0172. The van der Waals surface area contributed by atoms with Gasteiger partial charge in [0.2, 0.25) is 0 Å². The summed E-state index contributed by atoms with van der Waals surface area (Å²) in [5.74, 6) is -0.382. The second kappa shape index (κ2) is 45.2. The lowest BCUT2D eigenvalue weighted by atomic mass is 9.98. The summed E-state index contributed by atoms with van der Waals surface area (Å²) in [5.41, 5.74) is 0. The van der Waals surface area contributed by atoms with Crippen molar-refractivity contribution in [1.29, 1.82) is 0 Å². The van der Waals surface area contributed by atoms with E-state index in [9.17, 15) is 40.5 Å². The van der Waals surface area contributed by atoms with Crippen LogP contribution in [-0.4, -0.2) is 142 Å². The minimum Gasteiger partial charge on any atom is -0.457 e. The third kappa shape index (κ3) is 31.7. The van der Waals surface area contributed by atoms with Crippen LogP contribution in [0.1, 0.15) is 213 Å². The van der Waals surface area contributed by atoms with Gasteiger partial charge in [0.05, 0.1) is 26.4 Å². The lowest BCUT2D eigenvalue weighted by Gasteiger charge is -2.42. The summed E-state index contributed by atoms with van der Waals surface area (Å²) in [7, 11) is 0. The first-order chi connectivity index (χ1) is 35.1. The molecule has 2 saturated heterocycles. The predicted octanol–water partition coefficient (Wildman–Crippen LogP) is 9.91. The van der Waals surface area contributed by atoms with E-state index in [1.54, 1.807) is 0 Å². The molecule has 11 unspecified atom stereocenters. The van der Waals surface area contributed by atoms with Crippen LogP contribution >= 0.6 is 0 Å². The fourth-order valence-corrected chi connectivity index (χ4v) is 8.86. The molecule has 7 N–H and O–H groups in total. The van der Waals surface area contributed by atoms with Gasteiger partial charge in [-0.05, 0) is 70.6 Å². The van der Waals surface area contributed by atoms with Gasteiger partial charge < -0.3 is 64.2 Å². The molecule has 11 atom stereocenters. The molecule has 72 heavy (non-hydrogen) atoms. The van der Waals surface area contributed by atoms with Crippen LogP contribution in [0.25, 0.3) is 0 Å². The molecule has 0 bridgehead atoms. The summed E-state index contributed by atoms with van der Waals surface area (Å²) < 4.78 is 34.4. The maximum atomic E-state index is 13.1. The topological polar surface area (TPSA) is 214 Å². The highest BCUT2D eigenvalue weighted by molar-refractivity contribution is 5.69. The van der Waals surface area contributed by atoms with E-state index < -0.39 is 80.7 Å². The fourth-order valence-electron chi connectivity index (χ4n) is 8.86. The molecule has 2 heterocycles. The van der Waals surface area contributed by atoms with Crippen molar-refractivity contribution >= 4 is 5.97 Å². The smallest absolute Gasteiger partial charge is 0.306 e. The molecule has 0 aromatic rings. The van der Waals surface area contributed by atoms with Crippen LogP contribution in [0, 0.1) is 0 Å². The van der Waals surface area contributed by atoms with Crippen LogP contribution in [0.3, 0.4) is 0 Å². The Morgan fingerprint density at radius 1 is 0.458 bits per heavy atom. The molecule has 14 heteroatoms. The molecule has 2 aliphatic heterocycles. The first-order valence-corrected chi connectivity index (χ1v) is 28.7. The average Bonchev–Trinajstić information content (AvgIpc) is 3.38. The summed E-state index contributed by atoms with van der Waals surface area (Å²) >= 11 is 0. The average molecular weight is 1030 g/mol. The first-order valence-electron chi connectivity index (χ1n) is 28.7. The third-order valence-corrected chi connectivity index (χ3v) is 13.6. The van der Waals surface area contributed by atoms with E-state index in [2.05, 4.69) is 62.5 Å². The molecule has 2 aliphatic rings. The van der Waals surface area contributed by atoms with Gasteiger partial charge in [-0.2, -0.15) is 0 Å². The van der Waals surface area contributed by atoms with E-state index in [-0.39, 0.29) is 25.6 Å². The highest BCUT2D eigenvalue weighted by Gasteiger charge is 2.47. The van der Waals surface area contributed by atoms with Crippen molar-refractivity contribution in [2.24, 2.45) is 0 Å². The lowest BCUT2D eigenvalue weighted by Crippen LogP contribution is -2.61. The second-order valence-electron chi connectivity index (χ2n) is 20.1. The van der Waals surface area contributed by atoms with Gasteiger partial charge in [-0.25, -0.2) is 0 Å². The number of hydrogen-bond donors (Lipinski definition) is 7. The zero-order chi connectivity index (χ0) is 52.3. The molecule has 0 aromatic carbocycles. The lowest BCUT2D eigenvalue weighted by molar-refractivity contribution is -0.332. The van der Waals surface area contributed by atoms with Crippen LogP contribution in [0.4, 0.5) is 0 Å². The second-order valence-corrected chi connectivity index (χ2v) is 20.1. The van der Waals surface area contributed by atoms with Gasteiger partial charge in [0.25, 0.3) is 0 Å². The number of allylic oxidation sites excluding steroid dienone is 8. The van der Waals surface area contributed by atoms with Gasteiger partial charge in [0.1, 0.15) is 54.9 Å². The first kappa shape index (κ1) is 66.1. The summed E-state index contributed by atoms with van der Waals surface area (Å²) in [6, 6.07) is 0. The van der Waals surface area contributed by atoms with Crippen molar-refractivity contribution in [2.75, 3.05) is 33.0 Å². The van der Waals surface area contributed by atoms with E-state index in [1.807, 2.05) is 0 Å². The Bertz CT molecular complexity index is 1370. The molecule has 0 aliphatic carbocycles. The highest BCUT2D eigenvalue weighted by Crippen LogP contribution is 2.26. The van der Waals surface area contributed by atoms with E-state index >= 15 is 0 Å². The number of esters is 1. The third-order valence-electron chi connectivity index (χ3n) is 13.6. The summed E-state index contributed by atoms with van der Waals surface area (Å²) in [6.07, 6.45) is 37.4. The van der Waals surface area contributed by atoms with E-state index in [1.165, 1.54) is 116 Å². The fraction of sp³-hybridized carbons (Fsp3) is 0.845. The number of rotatable bonds is 46. The van der Waals surface area contributed by atoms with E-state index in [0.29, 0.717) is 13.0 Å². The standard InChI is InChI=1S/C58H104O14/c1-3-5-7-9-11-13-15-17-19-20-21-22-23-24-25-26-27-29-31-33-35-37-39-41-50(60)70-47(44-67-42-40-38-36-34-32-30-28-18-16-14-12-10-8-6-4-2)45-68-57-56(66)54(64)52(62)49(72-57)46-69-58-55(65)53(63)51(61)48(43-59)71-58/h10,12,15-18,20-21,47-49,51-59,61-66H,3-9,11,13-14,19,22-46H2,1-2H3/b12-10-,17-15-,18-16-,21-20-. The van der Waals surface area contributed by atoms with Crippen molar-refractivity contribution in [3.05, 3.63) is 48.6 Å². The van der Waals surface area contributed by atoms with Crippen LogP contribution < -0.4 is 0 Å². The molecule has 0 amide bonds. The van der Waals surface area contributed by atoms with Gasteiger partial charge in [-0.3, -0.25) is 4.79 Å². The van der Waals surface area contributed by atoms with Crippen molar-refractivity contribution in [2.45, 2.75) is 280 Å². The number of carbonyl (C=O) groups is 1. The molecule has 0 spiro atoms. The van der Waals surface area contributed by atoms with Crippen molar-refractivity contribution in [3.63, 3.8) is 0 Å². The zero-order valence-corrected chi connectivity index (χ0v) is 44.9. The van der Waals surface area contributed by atoms with Crippen molar-refractivity contribution in [3.8, 4) is 0 Å². The molecular weight excluding hydrogens is 921 g/mol. The van der Waals surface area contributed by atoms with Crippen LogP contribution in [-0.2, 0) is 33.2 Å². The van der Waals surface area contributed by atoms with Crippen molar-refractivity contribution in [1.82, 2.24) is 0 Å². The Labute approximate surface area is 435 Å². The maximum absolute atomic E-state index is 13.1. The number of aliphatic hydroxyl groups excluding tert-OH is 7. The molecule has 2 fully saturated rings. The molecule has 0 radical (unpaired) electrons. The SMILES string of the molecule is CCCC/C=C\C/C=C\CCCCCCCCOCC(COC1OC(COC2OC(CO)C(O)C(O)C2O)C(O)C(O)C1O)OC(=O)CCCCCCCCCCCCC/C=C\C/C=C\CCCCCCC. The van der Waals surface area contributed by atoms with E-state index in [0.717, 1.165) is 70.6 Å². The Morgan fingerprint density at radius 3 is 1.38 bits per heavy atom. The van der Waals surface area contributed by atoms with Crippen molar-refractivity contribution < 1.29 is 69.0 Å². The Morgan fingerprint density at radius 2 is 0.875 bits per heavy atom. The Hall–Kier alpha value is -2.05. The maximum Gasteiger partial charge on any atom is 0.306 e. The molecule has 420 valence electrons. The largest absolute Gasteiger partial charge is 0.457 e.